The lowest BCUT2D eigenvalue weighted by Crippen LogP contribution is -2.20. The van der Waals surface area contributed by atoms with E-state index in [4.69, 9.17) is 5.73 Å². The number of nitrogens with zero attached hydrogens (tertiary/aromatic N) is 1. The lowest BCUT2D eigenvalue weighted by molar-refractivity contribution is 0.814. The minimum Gasteiger partial charge on any atom is -0.397 e. The molecule has 0 aliphatic heterocycles. The van der Waals surface area contributed by atoms with E-state index in [9.17, 15) is 0 Å². The third kappa shape index (κ3) is 4.55. The third-order valence-corrected chi connectivity index (χ3v) is 6.31. The van der Waals surface area contributed by atoms with Crippen LogP contribution in [0.15, 0.2) is 60.7 Å². The van der Waals surface area contributed by atoms with Gasteiger partial charge in [0.1, 0.15) is 0 Å². The van der Waals surface area contributed by atoms with E-state index >= 15 is 0 Å². The zero-order valence-corrected chi connectivity index (χ0v) is 21.1. The van der Waals surface area contributed by atoms with Crippen LogP contribution >= 0.6 is 0 Å². The molecule has 3 aromatic rings. The van der Waals surface area contributed by atoms with Crippen molar-refractivity contribution in [2.24, 2.45) is 0 Å². The van der Waals surface area contributed by atoms with E-state index in [1.54, 1.807) is 0 Å². The van der Waals surface area contributed by atoms with Gasteiger partial charge in [0, 0.05) is 0 Å². The van der Waals surface area contributed by atoms with Gasteiger partial charge in [0.2, 0.25) is 0 Å². The Bertz CT molecular complexity index is 944. The van der Waals surface area contributed by atoms with Gasteiger partial charge in [-0.05, 0) is 58.1 Å². The van der Waals surface area contributed by atoms with E-state index in [2.05, 4.69) is 109 Å². The number of hydrogen-bond acceptors (Lipinski definition) is 2. The molecule has 0 aliphatic rings. The molecule has 170 valence electrons. The van der Waals surface area contributed by atoms with Gasteiger partial charge in [-0.15, -0.1) is 0 Å². The number of para-hydroxylation sites is 4. The molecule has 0 radical (unpaired) electrons. The summed E-state index contributed by atoms with van der Waals surface area (Å²) in [5.41, 5.74) is 16.5. The van der Waals surface area contributed by atoms with Crippen LogP contribution in [0.1, 0.15) is 101 Å². The van der Waals surface area contributed by atoms with E-state index in [0.717, 1.165) is 11.4 Å². The summed E-state index contributed by atoms with van der Waals surface area (Å²) in [5.74, 6) is 1.57. The quantitative estimate of drug-likeness (QED) is 0.380. The first-order valence-corrected chi connectivity index (χ1v) is 12.0. The third-order valence-electron chi connectivity index (χ3n) is 6.31. The highest BCUT2D eigenvalue weighted by Crippen LogP contribution is 2.49. The normalized spacial score (nSPS) is 11.8. The van der Waals surface area contributed by atoms with Gasteiger partial charge in [0.25, 0.3) is 0 Å². The fourth-order valence-electron chi connectivity index (χ4n) is 4.58. The summed E-state index contributed by atoms with van der Waals surface area (Å²) in [4.78, 5) is 2.48. The highest BCUT2D eigenvalue weighted by Gasteiger charge is 2.28. The SMILES string of the molecule is CC(C)c1cccc(C(C)C)c1N(c1ccccc1N)c1c(C(C)C)cccc1C(C)C. The second-order valence-electron chi connectivity index (χ2n) is 10.1. The molecule has 0 atom stereocenters. The number of hydrogen-bond donors (Lipinski definition) is 1. The topological polar surface area (TPSA) is 29.3 Å². The van der Waals surface area contributed by atoms with Crippen molar-refractivity contribution in [3.63, 3.8) is 0 Å². The Morgan fingerprint density at radius 2 is 0.844 bits per heavy atom. The minimum atomic E-state index is 0.393. The maximum Gasteiger partial charge on any atom is 0.0691 e. The molecule has 2 heteroatoms. The van der Waals surface area contributed by atoms with E-state index in [1.807, 2.05) is 12.1 Å². The molecule has 0 heterocycles. The minimum absolute atomic E-state index is 0.393. The summed E-state index contributed by atoms with van der Waals surface area (Å²) in [6.07, 6.45) is 0. The molecular weight excluding hydrogens is 388 g/mol. The van der Waals surface area contributed by atoms with Crippen LogP contribution < -0.4 is 10.6 Å². The maximum absolute atomic E-state index is 6.66. The van der Waals surface area contributed by atoms with Crippen LogP contribution in [0.3, 0.4) is 0 Å². The maximum atomic E-state index is 6.66. The highest BCUT2D eigenvalue weighted by molar-refractivity contribution is 5.89. The van der Waals surface area contributed by atoms with Crippen molar-refractivity contribution in [1.29, 1.82) is 0 Å². The molecule has 3 rings (SSSR count). The number of nitrogen functional groups attached to an aromatic ring is 1. The molecule has 0 aliphatic carbocycles. The van der Waals surface area contributed by atoms with E-state index in [0.29, 0.717) is 23.7 Å². The number of anilines is 4. The molecule has 2 N–H and O–H groups in total. The van der Waals surface area contributed by atoms with Gasteiger partial charge in [-0.1, -0.05) is 104 Å². The summed E-state index contributed by atoms with van der Waals surface area (Å²) in [6.45, 7) is 18.3. The van der Waals surface area contributed by atoms with Crippen molar-refractivity contribution >= 4 is 22.7 Å². The summed E-state index contributed by atoms with van der Waals surface area (Å²) >= 11 is 0. The highest BCUT2D eigenvalue weighted by atomic mass is 15.2. The van der Waals surface area contributed by atoms with Crippen molar-refractivity contribution in [3.8, 4) is 0 Å². The Morgan fingerprint density at radius 1 is 0.500 bits per heavy atom. The second-order valence-corrected chi connectivity index (χ2v) is 10.1. The fraction of sp³-hybridized carbons (Fsp3) is 0.400. The van der Waals surface area contributed by atoms with Gasteiger partial charge in [0.15, 0.2) is 0 Å². The standard InChI is InChI=1S/C30H40N2/c1-19(2)23-13-11-14-24(20(3)4)29(23)32(28-18-10-9-17-27(28)31)30-25(21(5)6)15-12-16-26(30)22(7)8/h9-22H,31H2,1-8H3. The Labute approximate surface area is 195 Å². The Morgan fingerprint density at radius 3 is 1.16 bits per heavy atom. The van der Waals surface area contributed by atoms with Crippen LogP contribution in [-0.2, 0) is 0 Å². The summed E-state index contributed by atoms with van der Waals surface area (Å²) < 4.78 is 0. The molecule has 0 amide bonds. The van der Waals surface area contributed by atoms with Crippen LogP contribution in [0, 0.1) is 0 Å². The molecule has 0 unspecified atom stereocenters. The predicted molar refractivity (Wildman–Crippen MR) is 142 cm³/mol. The lowest BCUT2D eigenvalue weighted by Gasteiger charge is -2.36. The van der Waals surface area contributed by atoms with Crippen molar-refractivity contribution in [2.45, 2.75) is 79.1 Å². The molecule has 0 spiro atoms. The van der Waals surface area contributed by atoms with E-state index < -0.39 is 0 Å². The molecule has 0 saturated heterocycles. The Balaban J connectivity index is 2.54. The van der Waals surface area contributed by atoms with Gasteiger partial charge >= 0.3 is 0 Å². The van der Waals surface area contributed by atoms with Crippen molar-refractivity contribution in [3.05, 3.63) is 82.9 Å². The predicted octanol–water partition coefficient (Wildman–Crippen LogP) is 9.23. The first-order chi connectivity index (χ1) is 15.1. The molecule has 0 aromatic heterocycles. The Hall–Kier alpha value is -2.74. The summed E-state index contributed by atoms with van der Waals surface area (Å²) in [5, 5.41) is 0. The molecule has 0 saturated carbocycles. The van der Waals surface area contributed by atoms with Crippen LogP contribution in [0.25, 0.3) is 0 Å². The first-order valence-electron chi connectivity index (χ1n) is 12.0. The van der Waals surface area contributed by atoms with Crippen LogP contribution in [0.5, 0.6) is 0 Å². The summed E-state index contributed by atoms with van der Waals surface area (Å²) in [7, 11) is 0. The molecule has 3 aromatic carbocycles. The zero-order valence-electron chi connectivity index (χ0n) is 21.1. The molecule has 32 heavy (non-hydrogen) atoms. The van der Waals surface area contributed by atoms with Crippen LogP contribution in [-0.4, -0.2) is 0 Å². The largest absolute Gasteiger partial charge is 0.397 e. The van der Waals surface area contributed by atoms with E-state index in [1.165, 1.54) is 33.6 Å². The molecule has 0 bridgehead atoms. The second kappa shape index (κ2) is 9.81. The van der Waals surface area contributed by atoms with E-state index in [-0.39, 0.29) is 0 Å². The average Bonchev–Trinajstić information content (AvgIpc) is 2.74. The first kappa shape index (κ1) is 23.9. The number of benzene rings is 3. The van der Waals surface area contributed by atoms with Crippen molar-refractivity contribution < 1.29 is 0 Å². The van der Waals surface area contributed by atoms with Gasteiger partial charge in [-0.2, -0.15) is 0 Å². The summed E-state index contributed by atoms with van der Waals surface area (Å²) in [6, 6.07) is 21.8. The van der Waals surface area contributed by atoms with Gasteiger partial charge in [-0.25, -0.2) is 0 Å². The molecular formula is C30H40N2. The van der Waals surface area contributed by atoms with Gasteiger partial charge in [0.05, 0.1) is 22.7 Å². The molecule has 2 nitrogen and oxygen atoms in total. The monoisotopic (exact) mass is 428 g/mol. The van der Waals surface area contributed by atoms with Crippen LogP contribution in [0.2, 0.25) is 0 Å². The van der Waals surface area contributed by atoms with Crippen molar-refractivity contribution in [2.75, 3.05) is 10.6 Å². The smallest absolute Gasteiger partial charge is 0.0691 e. The Kier molecular flexibility index (Phi) is 7.33. The zero-order chi connectivity index (χ0) is 23.6. The number of rotatable bonds is 7. The lowest BCUT2D eigenvalue weighted by atomic mass is 9.88. The average molecular weight is 429 g/mol. The van der Waals surface area contributed by atoms with Gasteiger partial charge < -0.3 is 10.6 Å². The van der Waals surface area contributed by atoms with Gasteiger partial charge in [-0.3, -0.25) is 0 Å². The molecule has 0 fully saturated rings. The van der Waals surface area contributed by atoms with Crippen LogP contribution in [0.4, 0.5) is 22.7 Å². The van der Waals surface area contributed by atoms with Crippen molar-refractivity contribution in [1.82, 2.24) is 0 Å². The number of nitrogens with two attached hydrogens (primary N) is 1. The fourth-order valence-corrected chi connectivity index (χ4v) is 4.58.